The Kier molecular flexibility index (Phi) is 11.1. The second-order valence-corrected chi connectivity index (χ2v) is 21.5. The van der Waals surface area contributed by atoms with Crippen LogP contribution in [0, 0.1) is 27.7 Å². The van der Waals surface area contributed by atoms with Crippen LogP contribution in [-0.2, 0) is 0 Å². The van der Waals surface area contributed by atoms with Gasteiger partial charge in [0.2, 0.25) is 0 Å². The van der Waals surface area contributed by atoms with Crippen LogP contribution in [0.3, 0.4) is 0 Å². The number of hydrogen-bond acceptors (Lipinski definition) is 0. The lowest BCUT2D eigenvalue weighted by molar-refractivity contribution is 1.16. The third kappa shape index (κ3) is 7.44. The van der Waals surface area contributed by atoms with E-state index in [0.717, 1.165) is 0 Å². The first-order valence-electron chi connectivity index (χ1n) is 27.8. The fraction of sp³-hybridized carbons (Fsp3) is 0.0526. The predicted octanol–water partition coefficient (Wildman–Crippen LogP) is 20.3. The number of para-hydroxylation sites is 8. The molecule has 0 radical (unpaired) electrons. The summed E-state index contributed by atoms with van der Waals surface area (Å²) in [5.74, 6) is 0. The molecular weight excluding hydrogens is 969 g/mol. The first-order valence-corrected chi connectivity index (χ1v) is 27.8. The molecule has 0 aliphatic rings. The normalized spacial score (nSPS) is 11.8. The van der Waals surface area contributed by atoms with Crippen LogP contribution in [-0.4, -0.2) is 18.3 Å². The molecule has 0 spiro atoms. The van der Waals surface area contributed by atoms with Crippen LogP contribution >= 0.6 is 0 Å². The van der Waals surface area contributed by atoms with Crippen molar-refractivity contribution in [3.8, 4) is 45.0 Å². The smallest absolute Gasteiger partial charge is 0.0541 e. The molecule has 4 nitrogen and oxygen atoms in total. The van der Waals surface area contributed by atoms with Gasteiger partial charge in [-0.15, -0.1) is 0 Å². The van der Waals surface area contributed by atoms with E-state index in [0.29, 0.717) is 0 Å². The molecule has 0 atom stereocenters. The lowest BCUT2D eigenvalue weighted by Gasteiger charge is -2.15. The second-order valence-electron chi connectivity index (χ2n) is 21.5. The minimum Gasteiger partial charge on any atom is -0.309 e. The molecule has 4 heterocycles. The molecule has 380 valence electrons. The molecule has 4 aromatic heterocycles. The van der Waals surface area contributed by atoms with Crippen molar-refractivity contribution in [3.63, 3.8) is 0 Å². The van der Waals surface area contributed by atoms with Gasteiger partial charge in [0.25, 0.3) is 0 Å². The maximum atomic E-state index is 2.39. The SMILES string of the molecule is Cc1cc(-n2c3ccccc3c3ccccc32)ccc1-c1ccc(-n2c3ccccc3c3ccccc32)cc1C.Cc1cc(-n2c3ccccc3c3ccccc32)ccc1-c1ccc(-n2c3ccccc3c3ccccc32)cc1C. The highest BCUT2D eigenvalue weighted by Gasteiger charge is 2.19. The minimum absolute atomic E-state index is 1.19. The Morgan fingerprint density at radius 1 is 0.175 bits per heavy atom. The Labute approximate surface area is 464 Å². The summed E-state index contributed by atoms with van der Waals surface area (Å²) in [7, 11) is 0. The lowest BCUT2D eigenvalue weighted by atomic mass is 9.95. The number of aryl methyl sites for hydroxylation is 4. The summed E-state index contributed by atoms with van der Waals surface area (Å²) < 4.78 is 9.55. The molecule has 0 N–H and O–H groups in total. The van der Waals surface area contributed by atoms with E-state index >= 15 is 0 Å². The molecule has 0 aliphatic heterocycles. The summed E-state index contributed by atoms with van der Waals surface area (Å²) in [5, 5.41) is 10.3. The fourth-order valence-electron chi connectivity index (χ4n) is 13.2. The molecule has 80 heavy (non-hydrogen) atoms. The van der Waals surface area contributed by atoms with Crippen molar-refractivity contribution in [3.05, 3.63) is 289 Å². The molecule has 0 bridgehead atoms. The zero-order chi connectivity index (χ0) is 53.6. The van der Waals surface area contributed by atoms with Gasteiger partial charge < -0.3 is 18.3 Å². The first-order chi connectivity index (χ1) is 39.4. The van der Waals surface area contributed by atoms with Gasteiger partial charge in [-0.1, -0.05) is 170 Å². The largest absolute Gasteiger partial charge is 0.309 e. The quantitative estimate of drug-likeness (QED) is 0.158. The summed E-state index contributed by atoms with van der Waals surface area (Å²) in [6.45, 7) is 8.92. The molecular formula is C76H56N4. The van der Waals surface area contributed by atoms with Crippen LogP contribution in [0.2, 0.25) is 0 Å². The van der Waals surface area contributed by atoms with E-state index in [-0.39, 0.29) is 0 Å². The zero-order valence-electron chi connectivity index (χ0n) is 45.2. The highest BCUT2D eigenvalue weighted by Crippen LogP contribution is 2.40. The van der Waals surface area contributed by atoms with Gasteiger partial charge >= 0.3 is 0 Å². The third-order valence-corrected chi connectivity index (χ3v) is 16.8. The monoisotopic (exact) mass is 1020 g/mol. The van der Waals surface area contributed by atoms with Gasteiger partial charge in [0, 0.05) is 65.8 Å². The molecule has 0 amide bonds. The summed E-state index contributed by atoms with van der Waals surface area (Å²) in [5.41, 5.74) is 24.9. The van der Waals surface area contributed by atoms with Crippen LogP contribution in [0.5, 0.6) is 0 Å². The highest BCUT2D eigenvalue weighted by atomic mass is 15.0. The van der Waals surface area contributed by atoms with E-state index in [1.165, 1.54) is 154 Å². The van der Waals surface area contributed by atoms with E-state index in [9.17, 15) is 0 Å². The number of aromatic nitrogens is 4. The van der Waals surface area contributed by atoms with Crippen LogP contribution in [0.4, 0.5) is 0 Å². The number of nitrogens with zero attached hydrogens (tertiary/aromatic N) is 4. The molecule has 16 aromatic rings. The van der Waals surface area contributed by atoms with E-state index < -0.39 is 0 Å². The average molecular weight is 1030 g/mol. The Morgan fingerprint density at radius 2 is 0.325 bits per heavy atom. The highest BCUT2D eigenvalue weighted by molar-refractivity contribution is 6.12. The summed E-state index contributed by atoms with van der Waals surface area (Å²) in [6, 6.07) is 97.0. The van der Waals surface area contributed by atoms with Gasteiger partial charge in [-0.2, -0.15) is 0 Å². The Bertz CT molecular complexity index is 4270. The number of hydrogen-bond donors (Lipinski definition) is 0. The maximum Gasteiger partial charge on any atom is 0.0541 e. The van der Waals surface area contributed by atoms with E-state index in [1.54, 1.807) is 0 Å². The molecule has 4 heteroatoms. The average Bonchev–Trinajstić information content (AvgIpc) is 4.40. The first kappa shape index (κ1) is 47.1. The molecule has 16 rings (SSSR count). The standard InChI is InChI=1S/2C38H28N2/c2*1-25-23-27(39-35-15-7-3-11-31(35)32-12-4-8-16-36(32)39)19-21-29(25)30-22-20-28(24-26(30)2)40-37-17-9-5-13-33(37)34-14-6-10-18-38(34)40/h2*3-24H,1-2H3. The van der Waals surface area contributed by atoms with Gasteiger partial charge in [0.1, 0.15) is 0 Å². The fourth-order valence-corrected chi connectivity index (χ4v) is 13.2. The molecule has 0 saturated carbocycles. The van der Waals surface area contributed by atoms with Gasteiger partial charge in [0.15, 0.2) is 0 Å². The molecule has 0 fully saturated rings. The van der Waals surface area contributed by atoms with Crippen molar-refractivity contribution < 1.29 is 0 Å². The van der Waals surface area contributed by atoms with Gasteiger partial charge in [-0.25, -0.2) is 0 Å². The Morgan fingerprint density at radius 3 is 0.475 bits per heavy atom. The summed E-state index contributed by atoms with van der Waals surface area (Å²) >= 11 is 0. The molecule has 12 aromatic carbocycles. The third-order valence-electron chi connectivity index (χ3n) is 16.8. The van der Waals surface area contributed by atoms with Crippen LogP contribution in [0.1, 0.15) is 22.3 Å². The Balaban J connectivity index is 0.000000138. The van der Waals surface area contributed by atoms with Crippen molar-refractivity contribution in [2.75, 3.05) is 0 Å². The van der Waals surface area contributed by atoms with E-state index in [2.05, 4.69) is 313 Å². The number of fused-ring (bicyclic) bond motifs is 12. The van der Waals surface area contributed by atoms with Crippen LogP contribution in [0.15, 0.2) is 267 Å². The van der Waals surface area contributed by atoms with E-state index in [1.807, 2.05) is 0 Å². The topological polar surface area (TPSA) is 19.7 Å². The Hall–Kier alpha value is -10.2. The predicted molar refractivity (Wildman–Crippen MR) is 340 cm³/mol. The zero-order valence-corrected chi connectivity index (χ0v) is 45.2. The van der Waals surface area contributed by atoms with Crippen molar-refractivity contribution in [2.24, 2.45) is 0 Å². The molecule has 0 aliphatic carbocycles. The number of benzene rings is 12. The van der Waals surface area contributed by atoms with Crippen molar-refractivity contribution in [1.29, 1.82) is 0 Å². The number of rotatable bonds is 6. The van der Waals surface area contributed by atoms with Crippen molar-refractivity contribution in [1.82, 2.24) is 18.3 Å². The van der Waals surface area contributed by atoms with E-state index in [4.69, 9.17) is 0 Å². The lowest BCUT2D eigenvalue weighted by Crippen LogP contribution is -1.98. The van der Waals surface area contributed by atoms with Crippen LogP contribution < -0.4 is 0 Å². The molecule has 0 unspecified atom stereocenters. The van der Waals surface area contributed by atoms with Gasteiger partial charge in [0.05, 0.1) is 44.1 Å². The van der Waals surface area contributed by atoms with Gasteiger partial charge in [-0.05, 0) is 169 Å². The van der Waals surface area contributed by atoms with Crippen molar-refractivity contribution >= 4 is 87.2 Å². The van der Waals surface area contributed by atoms with Crippen LogP contribution in [0.25, 0.3) is 132 Å². The maximum absolute atomic E-state index is 2.39. The second kappa shape index (κ2) is 18.8. The summed E-state index contributed by atoms with van der Waals surface area (Å²) in [6.07, 6.45) is 0. The summed E-state index contributed by atoms with van der Waals surface area (Å²) in [4.78, 5) is 0. The van der Waals surface area contributed by atoms with Gasteiger partial charge in [-0.3, -0.25) is 0 Å². The van der Waals surface area contributed by atoms with Crippen molar-refractivity contribution in [2.45, 2.75) is 27.7 Å². The molecule has 0 saturated heterocycles. The minimum atomic E-state index is 1.19.